The van der Waals surface area contributed by atoms with Crippen LogP contribution in [0.3, 0.4) is 0 Å². The third kappa shape index (κ3) is 4.17. The molecule has 0 saturated carbocycles. The highest BCUT2D eigenvalue weighted by Gasteiger charge is 2.11. The van der Waals surface area contributed by atoms with Gasteiger partial charge in [-0.05, 0) is 24.3 Å². The lowest BCUT2D eigenvalue weighted by atomic mass is 9.97. The predicted molar refractivity (Wildman–Crippen MR) is 68.8 cm³/mol. The summed E-state index contributed by atoms with van der Waals surface area (Å²) in [7, 11) is 0. The molecular formula is C13H23N3. The predicted octanol–water partition coefficient (Wildman–Crippen LogP) is 3.37. The summed E-state index contributed by atoms with van der Waals surface area (Å²) in [5.41, 5.74) is 2.37. The van der Waals surface area contributed by atoms with Crippen LogP contribution >= 0.6 is 0 Å². The first-order valence-corrected chi connectivity index (χ1v) is 5.87. The largest absolute Gasteiger partial charge is 0.354 e. The molecule has 0 atom stereocenters. The molecule has 1 rings (SSSR count). The molecular weight excluding hydrogens is 198 g/mol. The lowest BCUT2D eigenvalue weighted by molar-refractivity contribution is 0.441. The molecule has 0 unspecified atom stereocenters. The average Bonchev–Trinajstić information content (AvgIpc) is 2.13. The molecule has 1 N–H and O–H groups in total. The van der Waals surface area contributed by atoms with Crippen molar-refractivity contribution in [3.8, 4) is 0 Å². The quantitative estimate of drug-likeness (QED) is 0.850. The zero-order chi connectivity index (χ0) is 12.3. The molecule has 90 valence electrons. The van der Waals surface area contributed by atoms with Gasteiger partial charge in [-0.15, -0.1) is 0 Å². The van der Waals surface area contributed by atoms with Gasteiger partial charge in [-0.25, -0.2) is 9.97 Å². The first-order chi connectivity index (χ1) is 7.28. The fourth-order valence-electron chi connectivity index (χ4n) is 1.31. The summed E-state index contributed by atoms with van der Waals surface area (Å²) in [6.07, 6.45) is 0. The molecule has 0 radical (unpaired) electrons. The van der Waals surface area contributed by atoms with E-state index in [4.69, 9.17) is 0 Å². The molecule has 0 amide bonds. The Hall–Kier alpha value is -1.12. The number of rotatable bonds is 3. The molecule has 0 fully saturated rings. The van der Waals surface area contributed by atoms with Crippen molar-refractivity contribution in [3.63, 3.8) is 0 Å². The molecule has 0 saturated heterocycles. The molecule has 0 spiro atoms. The van der Waals surface area contributed by atoms with Gasteiger partial charge in [0.25, 0.3) is 0 Å². The van der Waals surface area contributed by atoms with Crippen molar-refractivity contribution in [2.45, 2.75) is 47.5 Å². The van der Waals surface area contributed by atoms with Gasteiger partial charge in [0.2, 0.25) is 5.95 Å². The summed E-state index contributed by atoms with van der Waals surface area (Å²) in [5, 5.41) is 3.30. The molecule has 3 heteroatoms. The second-order valence-electron chi connectivity index (χ2n) is 5.83. The van der Waals surface area contributed by atoms with Crippen LogP contribution in [-0.2, 0) is 0 Å². The van der Waals surface area contributed by atoms with Gasteiger partial charge in [0.1, 0.15) is 0 Å². The normalized spacial score (nSPS) is 11.9. The highest BCUT2D eigenvalue weighted by atomic mass is 15.1. The van der Waals surface area contributed by atoms with Crippen molar-refractivity contribution in [1.82, 2.24) is 9.97 Å². The summed E-state index contributed by atoms with van der Waals surface area (Å²) in [6.45, 7) is 13.8. The SMILES string of the molecule is Cc1cc(C(C)C)nc(NCC(C)(C)C)n1. The molecule has 3 nitrogen and oxygen atoms in total. The van der Waals surface area contributed by atoms with Crippen molar-refractivity contribution in [2.75, 3.05) is 11.9 Å². The van der Waals surface area contributed by atoms with E-state index in [1.807, 2.05) is 13.0 Å². The van der Waals surface area contributed by atoms with Crippen LogP contribution in [0, 0.1) is 12.3 Å². The number of aryl methyl sites for hydroxylation is 1. The number of nitrogens with zero attached hydrogens (tertiary/aromatic N) is 2. The van der Waals surface area contributed by atoms with Crippen molar-refractivity contribution in [3.05, 3.63) is 17.5 Å². The van der Waals surface area contributed by atoms with Crippen LogP contribution in [0.4, 0.5) is 5.95 Å². The van der Waals surface area contributed by atoms with E-state index in [0.29, 0.717) is 5.92 Å². The van der Waals surface area contributed by atoms with Crippen LogP contribution in [0.1, 0.15) is 51.9 Å². The number of anilines is 1. The monoisotopic (exact) mass is 221 g/mol. The van der Waals surface area contributed by atoms with Crippen LogP contribution in [0.5, 0.6) is 0 Å². The first kappa shape index (κ1) is 12.9. The second-order valence-corrected chi connectivity index (χ2v) is 5.83. The number of aromatic nitrogens is 2. The minimum atomic E-state index is 0.241. The standard InChI is InChI=1S/C13H23N3/c1-9(2)11-7-10(3)15-12(16-11)14-8-13(4,5)6/h7,9H,8H2,1-6H3,(H,14,15,16). The number of hydrogen-bond donors (Lipinski definition) is 1. The molecule has 1 aromatic rings. The Kier molecular flexibility index (Phi) is 3.89. The fourth-order valence-corrected chi connectivity index (χ4v) is 1.31. The molecule has 16 heavy (non-hydrogen) atoms. The van der Waals surface area contributed by atoms with Crippen molar-refractivity contribution in [2.24, 2.45) is 5.41 Å². The van der Waals surface area contributed by atoms with Crippen LogP contribution in [-0.4, -0.2) is 16.5 Å². The average molecular weight is 221 g/mol. The van der Waals surface area contributed by atoms with E-state index in [2.05, 4.69) is 49.9 Å². The van der Waals surface area contributed by atoms with Gasteiger partial charge in [0, 0.05) is 17.9 Å². The molecule has 1 aromatic heterocycles. The van der Waals surface area contributed by atoms with E-state index in [-0.39, 0.29) is 5.41 Å². The lowest BCUT2D eigenvalue weighted by Gasteiger charge is -2.19. The minimum absolute atomic E-state index is 0.241. The topological polar surface area (TPSA) is 37.8 Å². The Morgan fingerprint density at radius 3 is 2.38 bits per heavy atom. The molecule has 0 aliphatic heterocycles. The minimum Gasteiger partial charge on any atom is -0.354 e. The summed E-state index contributed by atoms with van der Waals surface area (Å²) >= 11 is 0. The fraction of sp³-hybridized carbons (Fsp3) is 0.692. The maximum Gasteiger partial charge on any atom is 0.223 e. The van der Waals surface area contributed by atoms with Gasteiger partial charge in [-0.2, -0.15) is 0 Å². The van der Waals surface area contributed by atoms with Gasteiger partial charge >= 0.3 is 0 Å². The Balaban J connectivity index is 2.81. The van der Waals surface area contributed by atoms with E-state index in [9.17, 15) is 0 Å². The van der Waals surface area contributed by atoms with Gasteiger partial charge < -0.3 is 5.32 Å². The van der Waals surface area contributed by atoms with Gasteiger partial charge in [0.15, 0.2) is 0 Å². The van der Waals surface area contributed by atoms with E-state index in [1.165, 1.54) is 0 Å². The second kappa shape index (κ2) is 4.81. The van der Waals surface area contributed by atoms with Gasteiger partial charge in [0.05, 0.1) is 0 Å². The summed E-state index contributed by atoms with van der Waals surface area (Å²) in [5.74, 6) is 1.19. The van der Waals surface area contributed by atoms with E-state index < -0.39 is 0 Å². The van der Waals surface area contributed by atoms with Crippen LogP contribution in [0.15, 0.2) is 6.07 Å². The van der Waals surface area contributed by atoms with Gasteiger partial charge in [-0.1, -0.05) is 34.6 Å². The molecule has 0 bridgehead atoms. The smallest absolute Gasteiger partial charge is 0.223 e. The zero-order valence-electron chi connectivity index (χ0n) is 11.3. The first-order valence-electron chi connectivity index (χ1n) is 5.87. The lowest BCUT2D eigenvalue weighted by Crippen LogP contribution is -2.20. The van der Waals surface area contributed by atoms with Crippen LogP contribution < -0.4 is 5.32 Å². The Bertz CT molecular complexity index is 351. The highest BCUT2D eigenvalue weighted by molar-refractivity contribution is 5.29. The van der Waals surface area contributed by atoms with E-state index in [1.54, 1.807) is 0 Å². The van der Waals surface area contributed by atoms with E-state index >= 15 is 0 Å². The Morgan fingerprint density at radius 2 is 1.88 bits per heavy atom. The molecule has 0 aromatic carbocycles. The van der Waals surface area contributed by atoms with Crippen LogP contribution in [0.25, 0.3) is 0 Å². The van der Waals surface area contributed by atoms with Crippen molar-refractivity contribution in [1.29, 1.82) is 0 Å². The summed E-state index contributed by atoms with van der Waals surface area (Å²) in [6, 6.07) is 2.05. The highest BCUT2D eigenvalue weighted by Crippen LogP contribution is 2.16. The maximum atomic E-state index is 4.51. The third-order valence-electron chi connectivity index (χ3n) is 2.24. The molecule has 0 aliphatic carbocycles. The Morgan fingerprint density at radius 1 is 1.25 bits per heavy atom. The molecule has 0 aliphatic rings. The maximum absolute atomic E-state index is 4.51. The van der Waals surface area contributed by atoms with Crippen LogP contribution in [0.2, 0.25) is 0 Å². The zero-order valence-corrected chi connectivity index (χ0v) is 11.3. The van der Waals surface area contributed by atoms with E-state index in [0.717, 1.165) is 23.9 Å². The summed E-state index contributed by atoms with van der Waals surface area (Å²) in [4.78, 5) is 8.91. The third-order valence-corrected chi connectivity index (χ3v) is 2.24. The van der Waals surface area contributed by atoms with Crippen molar-refractivity contribution < 1.29 is 0 Å². The number of hydrogen-bond acceptors (Lipinski definition) is 3. The Labute approximate surface area is 98.7 Å². The summed E-state index contributed by atoms with van der Waals surface area (Å²) < 4.78 is 0. The molecule has 1 heterocycles. The number of nitrogens with one attached hydrogen (secondary N) is 1. The van der Waals surface area contributed by atoms with Gasteiger partial charge in [-0.3, -0.25) is 0 Å². The van der Waals surface area contributed by atoms with Crippen molar-refractivity contribution >= 4 is 5.95 Å².